The van der Waals surface area contributed by atoms with Crippen molar-refractivity contribution in [3.63, 3.8) is 0 Å². The first-order chi connectivity index (χ1) is 12.6. The van der Waals surface area contributed by atoms with Gasteiger partial charge in [-0.2, -0.15) is 5.10 Å². The second-order valence-corrected chi connectivity index (χ2v) is 7.53. The number of piperazine rings is 1. The summed E-state index contributed by atoms with van der Waals surface area (Å²) in [6, 6.07) is 5.65. The van der Waals surface area contributed by atoms with Gasteiger partial charge in [-0.3, -0.25) is 9.58 Å². The smallest absolute Gasteiger partial charge is 0.169 e. The first-order valence-corrected chi connectivity index (χ1v) is 9.92. The van der Waals surface area contributed by atoms with Gasteiger partial charge >= 0.3 is 0 Å². The van der Waals surface area contributed by atoms with Gasteiger partial charge in [0.25, 0.3) is 0 Å². The molecule has 5 nitrogen and oxygen atoms in total. The number of aryl methyl sites for hydroxylation is 1. The van der Waals surface area contributed by atoms with Crippen molar-refractivity contribution < 1.29 is 0 Å². The number of nitrogens with zero attached hydrogens (tertiary/aromatic N) is 4. The molecular weight excluding hydrogens is 389 g/mol. The first-order valence-electron chi connectivity index (χ1n) is 8.76. The molecule has 2 heterocycles. The van der Waals surface area contributed by atoms with Gasteiger partial charge in [0.2, 0.25) is 0 Å². The van der Waals surface area contributed by atoms with Crippen molar-refractivity contribution in [3.05, 3.63) is 51.8 Å². The lowest BCUT2D eigenvalue weighted by molar-refractivity contribution is 0.174. The number of rotatable bonds is 5. The number of hydrogen-bond acceptors (Lipinski definition) is 3. The fraction of sp³-hybridized carbons (Fsp3) is 0.444. The zero-order chi connectivity index (χ0) is 18.5. The lowest BCUT2D eigenvalue weighted by Gasteiger charge is -2.36. The molecule has 1 aliphatic rings. The van der Waals surface area contributed by atoms with E-state index >= 15 is 0 Å². The molecule has 1 saturated heterocycles. The first kappa shape index (κ1) is 19.4. The molecule has 0 bridgehead atoms. The molecule has 3 rings (SSSR count). The Bertz CT molecular complexity index is 736. The molecule has 1 N–H and O–H groups in total. The third kappa shape index (κ3) is 4.88. The van der Waals surface area contributed by atoms with E-state index in [2.05, 4.69) is 27.1 Å². The minimum atomic E-state index is 0.703. The van der Waals surface area contributed by atoms with Crippen LogP contribution in [0, 0.1) is 0 Å². The third-order valence-electron chi connectivity index (χ3n) is 4.56. The lowest BCUT2D eigenvalue weighted by Crippen LogP contribution is -2.51. The van der Waals surface area contributed by atoms with Crippen LogP contribution in [0.3, 0.4) is 0 Å². The van der Waals surface area contributed by atoms with Gasteiger partial charge in [0, 0.05) is 73.2 Å². The second kappa shape index (κ2) is 9.04. The highest BCUT2D eigenvalue weighted by Gasteiger charge is 2.20. The quantitative estimate of drug-likeness (QED) is 0.762. The van der Waals surface area contributed by atoms with Gasteiger partial charge in [0.05, 0.1) is 6.20 Å². The molecule has 2 aromatic rings. The molecular formula is C18H23Cl2N5S. The minimum Gasteiger partial charge on any atom is -0.358 e. The van der Waals surface area contributed by atoms with Gasteiger partial charge < -0.3 is 10.2 Å². The molecule has 0 saturated carbocycles. The van der Waals surface area contributed by atoms with Crippen LogP contribution >= 0.6 is 35.4 Å². The normalized spacial score (nSPS) is 15.3. The van der Waals surface area contributed by atoms with Gasteiger partial charge in [-0.05, 0) is 31.3 Å². The van der Waals surface area contributed by atoms with Crippen molar-refractivity contribution >= 4 is 40.5 Å². The Labute approximate surface area is 169 Å². The van der Waals surface area contributed by atoms with E-state index in [0.29, 0.717) is 6.54 Å². The van der Waals surface area contributed by atoms with E-state index < -0.39 is 0 Å². The maximum atomic E-state index is 6.28. The molecule has 140 valence electrons. The summed E-state index contributed by atoms with van der Waals surface area (Å²) in [5, 5.41) is 9.86. The molecule has 1 aromatic heterocycles. The third-order valence-corrected chi connectivity index (χ3v) is 5.67. The molecule has 0 amide bonds. The molecule has 0 spiro atoms. The maximum absolute atomic E-state index is 6.28. The number of benzene rings is 1. The van der Waals surface area contributed by atoms with Gasteiger partial charge in [-0.15, -0.1) is 0 Å². The topological polar surface area (TPSA) is 36.3 Å². The van der Waals surface area contributed by atoms with Crippen molar-refractivity contribution in [3.8, 4) is 0 Å². The van der Waals surface area contributed by atoms with Crippen molar-refractivity contribution in [1.82, 2.24) is 24.9 Å². The summed E-state index contributed by atoms with van der Waals surface area (Å²) in [5.41, 5.74) is 2.14. The highest BCUT2D eigenvalue weighted by atomic mass is 35.5. The van der Waals surface area contributed by atoms with E-state index in [1.165, 1.54) is 0 Å². The minimum absolute atomic E-state index is 0.703. The molecule has 0 atom stereocenters. The van der Waals surface area contributed by atoms with Crippen LogP contribution in [0.4, 0.5) is 0 Å². The maximum Gasteiger partial charge on any atom is 0.169 e. The molecule has 26 heavy (non-hydrogen) atoms. The molecule has 1 aromatic carbocycles. The number of aromatic nitrogens is 2. The number of hydrogen-bond donors (Lipinski definition) is 1. The molecule has 8 heteroatoms. The van der Waals surface area contributed by atoms with Crippen molar-refractivity contribution in [2.24, 2.45) is 0 Å². The summed E-state index contributed by atoms with van der Waals surface area (Å²) in [7, 11) is 0. The predicted molar refractivity (Wildman–Crippen MR) is 111 cm³/mol. The van der Waals surface area contributed by atoms with Crippen molar-refractivity contribution in [2.45, 2.75) is 26.6 Å². The monoisotopic (exact) mass is 411 g/mol. The zero-order valence-corrected chi connectivity index (χ0v) is 17.1. The summed E-state index contributed by atoms with van der Waals surface area (Å²) in [4.78, 5) is 4.57. The standard InChI is InChI=1S/C18H23Cl2N5S/c1-2-25-12-14(11-22-25)10-21-18(26)24-8-6-23(7-9-24)13-15-16(19)4-3-5-17(15)20/h3-5,11-12H,2,6-10,13H2,1H3,(H,21,26). The van der Waals surface area contributed by atoms with Crippen LogP contribution in [0.25, 0.3) is 0 Å². The Morgan fingerprint density at radius 1 is 1.19 bits per heavy atom. The number of thiocarbonyl (C=S) groups is 1. The Kier molecular flexibility index (Phi) is 6.75. The van der Waals surface area contributed by atoms with Crippen LogP contribution < -0.4 is 5.32 Å². The predicted octanol–water partition coefficient (Wildman–Crippen LogP) is 3.40. The van der Waals surface area contributed by atoms with Gasteiger partial charge in [-0.25, -0.2) is 0 Å². The largest absolute Gasteiger partial charge is 0.358 e. The Balaban J connectivity index is 1.46. The van der Waals surface area contributed by atoms with Crippen LogP contribution in [-0.4, -0.2) is 50.9 Å². The Morgan fingerprint density at radius 3 is 2.50 bits per heavy atom. The van der Waals surface area contributed by atoms with E-state index in [4.69, 9.17) is 35.4 Å². The summed E-state index contributed by atoms with van der Waals surface area (Å²) in [6.07, 6.45) is 3.92. The van der Waals surface area contributed by atoms with Crippen molar-refractivity contribution in [2.75, 3.05) is 26.2 Å². The van der Waals surface area contributed by atoms with Crippen LogP contribution in [0.5, 0.6) is 0 Å². The molecule has 0 aliphatic carbocycles. The molecule has 1 aliphatic heterocycles. The fourth-order valence-electron chi connectivity index (χ4n) is 2.98. The summed E-state index contributed by atoms with van der Waals surface area (Å²) < 4.78 is 1.92. The van der Waals surface area contributed by atoms with Gasteiger partial charge in [0.1, 0.15) is 0 Å². The average molecular weight is 412 g/mol. The number of halogens is 2. The molecule has 0 radical (unpaired) electrons. The Hall–Kier alpha value is -1.34. The summed E-state index contributed by atoms with van der Waals surface area (Å²) in [5.74, 6) is 0. The molecule has 0 unspecified atom stereocenters. The van der Waals surface area contributed by atoms with Gasteiger partial charge in [-0.1, -0.05) is 29.3 Å². The van der Waals surface area contributed by atoms with E-state index in [0.717, 1.165) is 65.6 Å². The second-order valence-electron chi connectivity index (χ2n) is 6.33. The van der Waals surface area contributed by atoms with Gasteiger partial charge in [0.15, 0.2) is 5.11 Å². The molecule has 1 fully saturated rings. The highest BCUT2D eigenvalue weighted by molar-refractivity contribution is 7.80. The van der Waals surface area contributed by atoms with Crippen LogP contribution in [0.15, 0.2) is 30.6 Å². The number of nitrogens with one attached hydrogen (secondary N) is 1. The Morgan fingerprint density at radius 2 is 1.88 bits per heavy atom. The lowest BCUT2D eigenvalue weighted by atomic mass is 10.2. The van der Waals surface area contributed by atoms with Crippen molar-refractivity contribution in [1.29, 1.82) is 0 Å². The average Bonchev–Trinajstić information content (AvgIpc) is 3.11. The van der Waals surface area contributed by atoms with E-state index in [9.17, 15) is 0 Å². The van der Waals surface area contributed by atoms with E-state index in [1.54, 1.807) is 0 Å². The van der Waals surface area contributed by atoms with E-state index in [1.807, 2.05) is 35.3 Å². The van der Waals surface area contributed by atoms with Crippen LogP contribution in [-0.2, 0) is 19.6 Å². The highest BCUT2D eigenvalue weighted by Crippen LogP contribution is 2.26. The fourth-order valence-corrected chi connectivity index (χ4v) is 3.75. The zero-order valence-electron chi connectivity index (χ0n) is 14.8. The van der Waals surface area contributed by atoms with Crippen LogP contribution in [0.1, 0.15) is 18.1 Å². The summed E-state index contributed by atoms with van der Waals surface area (Å²) >= 11 is 18.1. The SMILES string of the molecule is CCn1cc(CNC(=S)N2CCN(Cc3c(Cl)cccc3Cl)CC2)cn1. The van der Waals surface area contributed by atoms with Crippen LogP contribution in [0.2, 0.25) is 10.0 Å². The summed E-state index contributed by atoms with van der Waals surface area (Å²) in [6.45, 7) is 8.06. The van der Waals surface area contributed by atoms with E-state index in [-0.39, 0.29) is 0 Å².